The second kappa shape index (κ2) is 9.45. The number of thioether (sulfide) groups is 1. The van der Waals surface area contributed by atoms with E-state index < -0.39 is 23.9 Å². The van der Waals surface area contributed by atoms with Crippen LogP contribution in [0, 0.1) is 6.92 Å². The Morgan fingerprint density at radius 3 is 2.52 bits per heavy atom. The fraction of sp³-hybridized carbons (Fsp3) is 0.190. The van der Waals surface area contributed by atoms with Crippen molar-refractivity contribution in [2.75, 3.05) is 5.32 Å². The summed E-state index contributed by atoms with van der Waals surface area (Å²) in [7, 11) is 0. The zero-order chi connectivity index (χ0) is 23.4. The van der Waals surface area contributed by atoms with Crippen molar-refractivity contribution in [2.24, 2.45) is 0 Å². The van der Waals surface area contributed by atoms with Crippen LogP contribution >= 0.6 is 11.8 Å². The van der Waals surface area contributed by atoms with Crippen molar-refractivity contribution < 1.29 is 22.5 Å². The van der Waals surface area contributed by atoms with E-state index in [1.165, 1.54) is 18.5 Å². The van der Waals surface area contributed by atoms with Gasteiger partial charge in [0.05, 0.1) is 0 Å². The van der Waals surface area contributed by atoms with Gasteiger partial charge >= 0.3 is 6.18 Å². The molecule has 12 heteroatoms. The van der Waals surface area contributed by atoms with Gasteiger partial charge < -0.3 is 9.84 Å². The summed E-state index contributed by atoms with van der Waals surface area (Å²) in [6, 6.07) is 13.3. The van der Waals surface area contributed by atoms with Gasteiger partial charge in [0, 0.05) is 24.0 Å². The summed E-state index contributed by atoms with van der Waals surface area (Å²) in [5.74, 6) is 0.234. The molecule has 0 radical (unpaired) electrons. The molecule has 0 aliphatic carbocycles. The topological polar surface area (TPSA) is 98.7 Å². The zero-order valence-electron chi connectivity index (χ0n) is 17.2. The summed E-state index contributed by atoms with van der Waals surface area (Å²) in [4.78, 5) is 17.0. The Kier molecular flexibility index (Phi) is 6.45. The smallest absolute Gasteiger partial charge is 0.360 e. The van der Waals surface area contributed by atoms with Crippen LogP contribution in [0.2, 0.25) is 0 Å². The third-order valence-electron chi connectivity index (χ3n) is 4.44. The molecule has 1 atom stereocenters. The van der Waals surface area contributed by atoms with Crippen LogP contribution in [0.15, 0.2) is 70.6 Å². The number of aromatic nitrogens is 5. The molecule has 170 valence electrons. The van der Waals surface area contributed by atoms with Crippen molar-refractivity contribution in [3.05, 3.63) is 72.2 Å². The van der Waals surface area contributed by atoms with Gasteiger partial charge in [0.2, 0.25) is 5.91 Å². The van der Waals surface area contributed by atoms with Gasteiger partial charge in [0.1, 0.15) is 17.6 Å². The molecule has 0 bridgehead atoms. The summed E-state index contributed by atoms with van der Waals surface area (Å²) in [6.45, 7) is 0.359. The standard InChI is InChI=1S/C21H17F3N6O2S/c1-13-11-16(29-32-13)26-19(31)17(14-5-3-2-4-6-14)33-20-28-27-18(15-7-9-25-10-8-15)30(20)12-21(22,23)24/h2-11,17H,12H2,1H3,(H,26,29,31). The van der Waals surface area contributed by atoms with E-state index in [2.05, 4.69) is 25.7 Å². The molecule has 0 fully saturated rings. The lowest BCUT2D eigenvalue weighted by Gasteiger charge is -2.17. The van der Waals surface area contributed by atoms with E-state index >= 15 is 0 Å². The largest absolute Gasteiger partial charge is 0.406 e. The van der Waals surface area contributed by atoms with Gasteiger partial charge in [-0.2, -0.15) is 13.2 Å². The number of aryl methyl sites for hydroxylation is 1. The van der Waals surface area contributed by atoms with Crippen molar-refractivity contribution in [3.63, 3.8) is 0 Å². The van der Waals surface area contributed by atoms with Gasteiger partial charge in [0.25, 0.3) is 0 Å². The molecule has 4 aromatic rings. The third kappa shape index (κ3) is 5.58. The molecule has 0 spiro atoms. The lowest BCUT2D eigenvalue weighted by atomic mass is 10.1. The van der Waals surface area contributed by atoms with Crippen LogP contribution < -0.4 is 5.32 Å². The van der Waals surface area contributed by atoms with E-state index in [1.807, 2.05) is 0 Å². The van der Waals surface area contributed by atoms with Crippen LogP contribution in [0.3, 0.4) is 0 Å². The highest BCUT2D eigenvalue weighted by Crippen LogP contribution is 2.38. The van der Waals surface area contributed by atoms with E-state index in [4.69, 9.17) is 4.52 Å². The number of hydrogen-bond acceptors (Lipinski definition) is 7. The molecule has 1 aromatic carbocycles. The maximum atomic E-state index is 13.4. The first-order valence-electron chi connectivity index (χ1n) is 9.66. The number of halogens is 3. The van der Waals surface area contributed by atoms with E-state index in [0.717, 1.165) is 16.3 Å². The highest BCUT2D eigenvalue weighted by atomic mass is 32.2. The van der Waals surface area contributed by atoms with Crippen LogP contribution in [0.4, 0.5) is 19.0 Å². The highest BCUT2D eigenvalue weighted by molar-refractivity contribution is 8.00. The summed E-state index contributed by atoms with van der Waals surface area (Å²) in [5, 5.41) is 13.3. The average molecular weight is 474 g/mol. The molecule has 3 heterocycles. The minimum absolute atomic E-state index is 0.0246. The fourth-order valence-electron chi connectivity index (χ4n) is 3.04. The van der Waals surface area contributed by atoms with Crippen molar-refractivity contribution >= 4 is 23.5 Å². The first-order chi connectivity index (χ1) is 15.8. The van der Waals surface area contributed by atoms with Gasteiger partial charge in [0.15, 0.2) is 16.8 Å². The number of anilines is 1. The Labute approximate surface area is 190 Å². The average Bonchev–Trinajstić information content (AvgIpc) is 3.37. The molecule has 0 aliphatic heterocycles. The van der Waals surface area contributed by atoms with Gasteiger partial charge in [-0.15, -0.1) is 10.2 Å². The van der Waals surface area contributed by atoms with E-state index in [-0.39, 0.29) is 16.8 Å². The second-order valence-electron chi connectivity index (χ2n) is 6.96. The van der Waals surface area contributed by atoms with Crippen molar-refractivity contribution in [3.8, 4) is 11.4 Å². The molecule has 1 unspecified atom stereocenters. The molecule has 8 nitrogen and oxygen atoms in total. The predicted molar refractivity (Wildman–Crippen MR) is 114 cm³/mol. The summed E-state index contributed by atoms with van der Waals surface area (Å²) >= 11 is 0.862. The number of hydrogen-bond donors (Lipinski definition) is 1. The predicted octanol–water partition coefficient (Wildman–Crippen LogP) is 4.67. The number of rotatable bonds is 7. The second-order valence-corrected chi connectivity index (χ2v) is 8.04. The molecular weight excluding hydrogens is 457 g/mol. The maximum absolute atomic E-state index is 13.4. The maximum Gasteiger partial charge on any atom is 0.406 e. The molecular formula is C21H17F3N6O2S. The van der Waals surface area contributed by atoms with E-state index in [0.29, 0.717) is 16.9 Å². The summed E-state index contributed by atoms with van der Waals surface area (Å²) in [6.07, 6.45) is -1.62. The molecule has 1 N–H and O–H groups in total. The van der Waals surface area contributed by atoms with Gasteiger partial charge in [-0.3, -0.25) is 14.3 Å². The van der Waals surface area contributed by atoms with Gasteiger partial charge in [-0.05, 0) is 24.6 Å². The lowest BCUT2D eigenvalue weighted by molar-refractivity contribution is -0.141. The lowest BCUT2D eigenvalue weighted by Crippen LogP contribution is -2.22. The van der Waals surface area contributed by atoms with Crippen LogP contribution in [-0.4, -0.2) is 37.0 Å². The Bertz CT molecular complexity index is 1230. The van der Waals surface area contributed by atoms with Gasteiger partial charge in [-0.25, -0.2) is 0 Å². The Hall–Kier alpha value is -3.67. The highest BCUT2D eigenvalue weighted by Gasteiger charge is 2.33. The third-order valence-corrected chi connectivity index (χ3v) is 5.67. The van der Waals surface area contributed by atoms with Crippen molar-refractivity contribution in [1.29, 1.82) is 0 Å². The number of carbonyl (C=O) groups excluding carboxylic acids is 1. The first kappa shape index (κ1) is 22.5. The molecule has 3 aromatic heterocycles. The number of nitrogens with zero attached hydrogens (tertiary/aromatic N) is 5. The minimum atomic E-state index is -4.53. The van der Waals surface area contributed by atoms with Crippen molar-refractivity contribution in [1.82, 2.24) is 24.9 Å². The molecule has 0 saturated carbocycles. The fourth-order valence-corrected chi connectivity index (χ4v) is 4.07. The molecule has 33 heavy (non-hydrogen) atoms. The Morgan fingerprint density at radius 2 is 1.88 bits per heavy atom. The molecule has 0 saturated heterocycles. The van der Waals surface area contributed by atoms with Crippen LogP contribution in [-0.2, 0) is 11.3 Å². The number of pyridine rings is 1. The summed E-state index contributed by atoms with van der Waals surface area (Å²) in [5.41, 5.74) is 1.000. The number of alkyl halides is 3. The Morgan fingerprint density at radius 1 is 1.15 bits per heavy atom. The first-order valence-corrected chi connectivity index (χ1v) is 10.5. The van der Waals surface area contributed by atoms with Crippen LogP contribution in [0.5, 0.6) is 0 Å². The van der Waals surface area contributed by atoms with E-state index in [1.54, 1.807) is 49.4 Å². The van der Waals surface area contributed by atoms with Crippen LogP contribution in [0.25, 0.3) is 11.4 Å². The number of benzene rings is 1. The van der Waals surface area contributed by atoms with Crippen molar-refractivity contribution in [2.45, 2.75) is 30.1 Å². The zero-order valence-corrected chi connectivity index (χ0v) is 18.0. The van der Waals surface area contributed by atoms with E-state index in [9.17, 15) is 18.0 Å². The molecule has 4 rings (SSSR count). The normalized spacial score (nSPS) is 12.5. The number of nitrogens with one attached hydrogen (secondary N) is 1. The van der Waals surface area contributed by atoms with Gasteiger partial charge in [-0.1, -0.05) is 47.3 Å². The van der Waals surface area contributed by atoms with Crippen LogP contribution in [0.1, 0.15) is 16.6 Å². The quantitative estimate of drug-likeness (QED) is 0.389. The SMILES string of the molecule is Cc1cc(NC(=O)C(Sc2nnc(-c3ccncc3)n2CC(F)(F)F)c2ccccc2)no1. The summed E-state index contributed by atoms with van der Waals surface area (Å²) < 4.78 is 46.1. The minimum Gasteiger partial charge on any atom is -0.360 e. The number of amides is 1. The molecule has 1 amide bonds. The Balaban J connectivity index is 1.71. The molecule has 0 aliphatic rings. The monoisotopic (exact) mass is 474 g/mol. The number of carbonyl (C=O) groups is 1.